The molecule has 0 bridgehead atoms. The van der Waals surface area contributed by atoms with Crippen molar-refractivity contribution in [2.75, 3.05) is 95.3 Å². The summed E-state index contributed by atoms with van der Waals surface area (Å²) in [7, 11) is 0. The van der Waals surface area contributed by atoms with Gasteiger partial charge in [-0.05, 0) is 91.8 Å². The smallest absolute Gasteiger partial charge is 0.320 e. The van der Waals surface area contributed by atoms with Crippen molar-refractivity contribution in [1.82, 2.24) is 39.6 Å². The molecule has 65 heavy (non-hydrogen) atoms. The minimum atomic E-state index is -0.611. The number of ether oxygens (including phenoxy) is 1. The van der Waals surface area contributed by atoms with E-state index >= 15 is 0 Å². The number of carbonyl (C=O) groups excluding carboxylic acids is 5. The second-order valence-electron chi connectivity index (χ2n) is 18.1. The van der Waals surface area contributed by atoms with Crippen LogP contribution in [0.1, 0.15) is 64.4 Å². The van der Waals surface area contributed by atoms with Crippen LogP contribution in [0, 0.1) is 5.92 Å². The van der Waals surface area contributed by atoms with E-state index in [1.54, 1.807) is 4.90 Å². The monoisotopic (exact) mass is 883 g/mol. The number of aromatic nitrogens is 2. The van der Waals surface area contributed by atoms with Crippen molar-refractivity contribution in [3.63, 3.8) is 0 Å². The van der Waals surface area contributed by atoms with Crippen LogP contribution in [-0.2, 0) is 16.1 Å². The van der Waals surface area contributed by atoms with E-state index in [9.17, 15) is 24.0 Å². The Bertz CT molecular complexity index is 2440. The Labute approximate surface area is 378 Å². The Morgan fingerprint density at radius 3 is 2.12 bits per heavy atom. The van der Waals surface area contributed by atoms with E-state index in [4.69, 9.17) is 15.6 Å². The lowest BCUT2D eigenvalue weighted by Crippen LogP contribution is -2.55. The standard InChI is InChI=1S/C48H57N11O6/c49-44(61)42-43(33-6-9-37(10-7-33)65-36-4-2-1-3-5-36)52-59-39(14-17-50-45(42)59)32-15-18-56(19-16-32)48(64)57-28-24-54(25-29-57)21-20-53-22-26-55(27-23-53)35-8-11-38-34(30-35)31-58(47(38)63)40-12-13-41(60)51-46(40)62/h1-11,30,32,39-40,50H,12-29,31H2,(H2,49,61)(H,51,60,62). The predicted molar refractivity (Wildman–Crippen MR) is 244 cm³/mol. The zero-order chi connectivity index (χ0) is 44.6. The lowest BCUT2D eigenvalue weighted by atomic mass is 9.87. The number of rotatable bonds is 10. The summed E-state index contributed by atoms with van der Waals surface area (Å²) >= 11 is 0. The summed E-state index contributed by atoms with van der Waals surface area (Å²) < 4.78 is 7.96. The SMILES string of the molecule is NC(=O)c1c(-c2ccc(Oc3ccccc3)cc2)nn2c1NCCC2C1CCN(C(=O)N2CCN(CCN3CCN(c4ccc5c(c4)CN(C4CCC(=O)NC4=O)C5=O)CC3)CC2)CC1. The van der Waals surface area contributed by atoms with Crippen LogP contribution in [0.25, 0.3) is 11.3 Å². The molecule has 340 valence electrons. The summed E-state index contributed by atoms with van der Waals surface area (Å²) in [6.45, 7) is 11.2. The van der Waals surface area contributed by atoms with E-state index in [2.05, 4.69) is 31.4 Å². The number of anilines is 2. The number of carbonyl (C=O) groups is 5. The molecule has 10 rings (SSSR count). The molecule has 17 nitrogen and oxygen atoms in total. The first-order valence-corrected chi connectivity index (χ1v) is 23.2. The molecule has 4 fully saturated rings. The molecule has 6 aliphatic heterocycles. The first kappa shape index (κ1) is 42.5. The zero-order valence-corrected chi connectivity index (χ0v) is 36.7. The third-order valence-electron chi connectivity index (χ3n) is 14.3. The number of para-hydroxylation sites is 1. The first-order chi connectivity index (χ1) is 31.7. The number of nitrogens with one attached hydrogen (secondary N) is 2. The lowest BCUT2D eigenvalue weighted by Gasteiger charge is -2.42. The fraction of sp³-hybridized carbons (Fsp3) is 0.458. The molecule has 0 spiro atoms. The van der Waals surface area contributed by atoms with Gasteiger partial charge in [0, 0.05) is 115 Å². The minimum Gasteiger partial charge on any atom is -0.457 e. The highest BCUT2D eigenvalue weighted by Gasteiger charge is 2.40. The third-order valence-corrected chi connectivity index (χ3v) is 14.3. The maximum atomic E-state index is 13.8. The number of nitrogens with zero attached hydrogens (tertiary/aromatic N) is 8. The summed E-state index contributed by atoms with van der Waals surface area (Å²) in [5.74, 6) is 1.07. The molecule has 0 aliphatic carbocycles. The molecule has 4 aromatic rings. The van der Waals surface area contributed by atoms with E-state index < -0.39 is 17.9 Å². The number of urea groups is 1. The van der Waals surface area contributed by atoms with Crippen molar-refractivity contribution >= 4 is 41.2 Å². The Kier molecular flexibility index (Phi) is 11.9. The average molecular weight is 884 g/mol. The van der Waals surface area contributed by atoms with Crippen molar-refractivity contribution in [2.24, 2.45) is 11.7 Å². The molecular weight excluding hydrogens is 827 g/mol. The number of primary amides is 1. The Morgan fingerprint density at radius 1 is 0.754 bits per heavy atom. The molecule has 2 atom stereocenters. The Balaban J connectivity index is 0.669. The molecule has 4 saturated heterocycles. The van der Waals surface area contributed by atoms with Crippen molar-refractivity contribution in [1.29, 1.82) is 0 Å². The first-order valence-electron chi connectivity index (χ1n) is 23.2. The van der Waals surface area contributed by atoms with Gasteiger partial charge in [0.2, 0.25) is 11.8 Å². The zero-order valence-electron chi connectivity index (χ0n) is 36.7. The molecule has 6 aliphatic rings. The van der Waals surface area contributed by atoms with Crippen LogP contribution in [0.15, 0.2) is 72.8 Å². The Hall–Kier alpha value is -6.46. The number of imide groups is 1. The highest BCUT2D eigenvalue weighted by molar-refractivity contribution is 6.06. The van der Waals surface area contributed by atoms with Gasteiger partial charge in [-0.3, -0.25) is 34.3 Å². The summed E-state index contributed by atoms with van der Waals surface area (Å²) in [4.78, 5) is 76.9. The van der Waals surface area contributed by atoms with Crippen LogP contribution in [0.4, 0.5) is 16.3 Å². The van der Waals surface area contributed by atoms with Crippen molar-refractivity contribution < 1.29 is 28.7 Å². The van der Waals surface area contributed by atoms with Crippen LogP contribution >= 0.6 is 0 Å². The van der Waals surface area contributed by atoms with Crippen LogP contribution in [-0.4, -0.2) is 155 Å². The minimum absolute atomic E-state index is 0.0912. The van der Waals surface area contributed by atoms with E-state index in [0.29, 0.717) is 60.4 Å². The van der Waals surface area contributed by atoms with E-state index in [0.717, 1.165) is 114 Å². The highest BCUT2D eigenvalue weighted by Crippen LogP contribution is 2.40. The van der Waals surface area contributed by atoms with Crippen LogP contribution in [0.3, 0.4) is 0 Å². The summed E-state index contributed by atoms with van der Waals surface area (Å²) in [6.07, 6.45) is 3.21. The molecule has 2 unspecified atom stereocenters. The van der Waals surface area contributed by atoms with Gasteiger partial charge in [0.25, 0.3) is 11.8 Å². The summed E-state index contributed by atoms with van der Waals surface area (Å²) in [5.41, 5.74) is 10.4. The van der Waals surface area contributed by atoms with Gasteiger partial charge in [0.1, 0.15) is 34.6 Å². The maximum absolute atomic E-state index is 13.8. The van der Waals surface area contributed by atoms with Crippen molar-refractivity contribution in [3.8, 4) is 22.8 Å². The lowest BCUT2D eigenvalue weighted by molar-refractivity contribution is -0.136. The number of hydrogen-bond donors (Lipinski definition) is 3. The number of piperidine rings is 2. The molecule has 17 heteroatoms. The number of fused-ring (bicyclic) bond motifs is 2. The van der Waals surface area contributed by atoms with Gasteiger partial charge in [-0.15, -0.1) is 0 Å². The van der Waals surface area contributed by atoms with Crippen molar-refractivity contribution in [2.45, 2.75) is 50.7 Å². The number of likely N-dealkylation sites (tertiary alicyclic amines) is 1. The summed E-state index contributed by atoms with van der Waals surface area (Å²) in [5, 5.41) is 10.8. The predicted octanol–water partition coefficient (Wildman–Crippen LogP) is 3.83. The molecule has 4 N–H and O–H groups in total. The van der Waals surface area contributed by atoms with Crippen LogP contribution < -0.4 is 26.0 Å². The van der Waals surface area contributed by atoms with E-state index in [1.165, 1.54) is 0 Å². The van der Waals surface area contributed by atoms with Gasteiger partial charge < -0.3 is 35.4 Å². The normalized spacial score (nSPS) is 22.1. The topological polar surface area (TPSA) is 182 Å². The fourth-order valence-corrected chi connectivity index (χ4v) is 10.6. The molecule has 1 aromatic heterocycles. The quantitative estimate of drug-likeness (QED) is 0.197. The van der Waals surface area contributed by atoms with Gasteiger partial charge in [-0.1, -0.05) is 18.2 Å². The number of benzene rings is 3. The number of piperazine rings is 2. The van der Waals surface area contributed by atoms with Gasteiger partial charge in [-0.25, -0.2) is 9.48 Å². The van der Waals surface area contributed by atoms with E-state index in [1.807, 2.05) is 81.2 Å². The summed E-state index contributed by atoms with van der Waals surface area (Å²) in [6, 6.07) is 22.7. The largest absolute Gasteiger partial charge is 0.457 e. The fourth-order valence-electron chi connectivity index (χ4n) is 10.6. The average Bonchev–Trinajstić information content (AvgIpc) is 3.89. The Morgan fingerprint density at radius 2 is 1.43 bits per heavy atom. The molecule has 3 aromatic carbocycles. The van der Waals surface area contributed by atoms with Gasteiger partial charge >= 0.3 is 6.03 Å². The van der Waals surface area contributed by atoms with Gasteiger partial charge in [0.15, 0.2) is 0 Å². The maximum Gasteiger partial charge on any atom is 0.320 e. The second kappa shape index (κ2) is 18.2. The number of hydrogen-bond acceptors (Lipinski definition) is 11. The molecular formula is C48H57N11O6. The molecule has 6 amide bonds. The van der Waals surface area contributed by atoms with E-state index in [-0.39, 0.29) is 30.3 Å². The third kappa shape index (κ3) is 8.74. The van der Waals surface area contributed by atoms with Gasteiger partial charge in [-0.2, -0.15) is 5.10 Å². The highest BCUT2D eigenvalue weighted by atomic mass is 16.5. The van der Waals surface area contributed by atoms with Gasteiger partial charge in [0.05, 0.1) is 6.04 Å². The second-order valence-corrected chi connectivity index (χ2v) is 18.1. The number of amides is 6. The van der Waals surface area contributed by atoms with Crippen LogP contribution in [0.5, 0.6) is 11.5 Å². The molecule has 7 heterocycles. The molecule has 0 radical (unpaired) electrons. The number of nitrogens with two attached hydrogens (primary N) is 1. The van der Waals surface area contributed by atoms with Crippen molar-refractivity contribution in [3.05, 3.63) is 89.5 Å². The molecule has 0 saturated carbocycles. The van der Waals surface area contributed by atoms with Crippen LogP contribution in [0.2, 0.25) is 0 Å².